The molecule has 0 saturated heterocycles. The first kappa shape index (κ1) is 11.5. The van der Waals surface area contributed by atoms with Crippen molar-refractivity contribution in [3.05, 3.63) is 34.9 Å². The molecule has 1 aromatic carbocycles. The zero-order chi connectivity index (χ0) is 10.6. The molecule has 2 atom stereocenters. The summed E-state index contributed by atoms with van der Waals surface area (Å²) in [4.78, 5) is 0. The Morgan fingerprint density at radius 2 is 2.14 bits per heavy atom. The Labute approximate surface area is 90.7 Å². The van der Waals surface area contributed by atoms with Crippen molar-refractivity contribution in [2.24, 2.45) is 5.92 Å². The summed E-state index contributed by atoms with van der Waals surface area (Å²) in [5, 5.41) is 10.1. The maximum absolute atomic E-state index is 9.33. The largest absolute Gasteiger partial charge is 0.396 e. The van der Waals surface area contributed by atoms with Gasteiger partial charge in [-0.3, -0.25) is 0 Å². The molecule has 1 aromatic rings. The number of rotatable bonds is 4. The molecule has 78 valence electrons. The Hall–Kier alpha value is -0.530. The minimum absolute atomic E-state index is 0.190. The maximum atomic E-state index is 9.33. The molecule has 2 heteroatoms. The van der Waals surface area contributed by atoms with E-state index in [0.717, 1.165) is 17.0 Å². The number of aliphatic hydroxyl groups excluding tert-OH is 1. The van der Waals surface area contributed by atoms with Crippen LogP contribution in [0.4, 0.5) is 0 Å². The van der Waals surface area contributed by atoms with Gasteiger partial charge in [0, 0.05) is 10.9 Å². The van der Waals surface area contributed by atoms with Gasteiger partial charge in [0.15, 0.2) is 0 Å². The second-order valence-corrected chi connectivity index (χ2v) is 4.17. The van der Waals surface area contributed by atoms with Crippen LogP contribution in [0.15, 0.2) is 24.3 Å². The number of hydrogen-bond donors (Lipinski definition) is 1. The molecule has 1 N–H and O–H groups in total. The normalized spacial score (nSPS) is 15.1. The van der Waals surface area contributed by atoms with Crippen molar-refractivity contribution in [2.45, 2.75) is 26.2 Å². The van der Waals surface area contributed by atoms with Gasteiger partial charge in [-0.25, -0.2) is 0 Å². The van der Waals surface area contributed by atoms with Crippen LogP contribution < -0.4 is 0 Å². The fourth-order valence-electron chi connectivity index (χ4n) is 1.64. The Morgan fingerprint density at radius 3 is 2.64 bits per heavy atom. The van der Waals surface area contributed by atoms with E-state index in [2.05, 4.69) is 13.8 Å². The molecule has 0 saturated carbocycles. The summed E-state index contributed by atoms with van der Waals surface area (Å²) in [6.07, 6.45) is 1.07. The van der Waals surface area contributed by atoms with E-state index in [9.17, 15) is 5.11 Å². The van der Waals surface area contributed by atoms with E-state index >= 15 is 0 Å². The van der Waals surface area contributed by atoms with E-state index in [0.29, 0.717) is 5.92 Å². The van der Waals surface area contributed by atoms with Crippen LogP contribution in [0, 0.1) is 5.92 Å². The SMILES string of the molecule is CCC(C)C(CO)c1cccc(Cl)c1. The molecule has 1 rings (SSSR count). The highest BCUT2D eigenvalue weighted by atomic mass is 35.5. The number of hydrogen-bond acceptors (Lipinski definition) is 1. The van der Waals surface area contributed by atoms with Crippen molar-refractivity contribution in [1.82, 2.24) is 0 Å². The lowest BCUT2D eigenvalue weighted by atomic mass is 9.86. The molecule has 0 aliphatic rings. The lowest BCUT2D eigenvalue weighted by molar-refractivity contribution is 0.229. The van der Waals surface area contributed by atoms with Crippen molar-refractivity contribution in [1.29, 1.82) is 0 Å². The molecule has 14 heavy (non-hydrogen) atoms. The summed E-state index contributed by atoms with van der Waals surface area (Å²) >= 11 is 5.91. The van der Waals surface area contributed by atoms with E-state index in [1.54, 1.807) is 0 Å². The fourth-order valence-corrected chi connectivity index (χ4v) is 1.83. The smallest absolute Gasteiger partial charge is 0.0502 e. The van der Waals surface area contributed by atoms with Gasteiger partial charge in [0.1, 0.15) is 0 Å². The third-order valence-electron chi connectivity index (χ3n) is 2.80. The van der Waals surface area contributed by atoms with E-state index in [4.69, 9.17) is 11.6 Å². The standard InChI is InChI=1S/C12H17ClO/c1-3-9(2)12(8-14)10-5-4-6-11(13)7-10/h4-7,9,12,14H,3,8H2,1-2H3. The first-order valence-corrected chi connectivity index (χ1v) is 5.43. The first-order chi connectivity index (χ1) is 6.69. The van der Waals surface area contributed by atoms with Crippen LogP contribution in [0.2, 0.25) is 5.02 Å². The van der Waals surface area contributed by atoms with Crippen molar-refractivity contribution in [2.75, 3.05) is 6.61 Å². The quantitative estimate of drug-likeness (QED) is 0.811. The third kappa shape index (κ3) is 2.73. The van der Waals surface area contributed by atoms with Crippen LogP contribution in [-0.2, 0) is 0 Å². The van der Waals surface area contributed by atoms with Crippen LogP contribution >= 0.6 is 11.6 Å². The molecule has 0 aliphatic carbocycles. The highest BCUT2D eigenvalue weighted by Crippen LogP contribution is 2.27. The van der Waals surface area contributed by atoms with Crippen LogP contribution in [0.25, 0.3) is 0 Å². The Morgan fingerprint density at radius 1 is 1.43 bits per heavy atom. The number of benzene rings is 1. The molecule has 0 heterocycles. The van der Waals surface area contributed by atoms with Crippen LogP contribution in [0.1, 0.15) is 31.7 Å². The number of aliphatic hydroxyl groups is 1. The molecule has 0 spiro atoms. The van der Waals surface area contributed by atoms with Crippen molar-refractivity contribution < 1.29 is 5.11 Å². The highest BCUT2D eigenvalue weighted by Gasteiger charge is 2.16. The Balaban J connectivity index is 2.89. The average Bonchev–Trinajstić information content (AvgIpc) is 2.19. The topological polar surface area (TPSA) is 20.2 Å². The van der Waals surface area contributed by atoms with Gasteiger partial charge >= 0.3 is 0 Å². The van der Waals surface area contributed by atoms with Gasteiger partial charge in [0.25, 0.3) is 0 Å². The Kier molecular flexibility index (Phi) is 4.43. The summed E-state index contributed by atoms with van der Waals surface area (Å²) in [6.45, 7) is 4.48. The van der Waals surface area contributed by atoms with E-state index in [-0.39, 0.29) is 12.5 Å². The minimum atomic E-state index is 0.190. The molecule has 0 bridgehead atoms. The maximum Gasteiger partial charge on any atom is 0.0502 e. The highest BCUT2D eigenvalue weighted by molar-refractivity contribution is 6.30. The molecular weight excluding hydrogens is 196 g/mol. The Bertz CT molecular complexity index is 285. The van der Waals surface area contributed by atoms with Gasteiger partial charge in [0.05, 0.1) is 6.61 Å². The van der Waals surface area contributed by atoms with Gasteiger partial charge in [-0.2, -0.15) is 0 Å². The second-order valence-electron chi connectivity index (χ2n) is 3.73. The second kappa shape index (κ2) is 5.38. The molecule has 2 unspecified atom stereocenters. The van der Waals surface area contributed by atoms with Crippen molar-refractivity contribution in [3.8, 4) is 0 Å². The molecule has 0 aromatic heterocycles. The van der Waals surface area contributed by atoms with Gasteiger partial charge in [0.2, 0.25) is 0 Å². The minimum Gasteiger partial charge on any atom is -0.396 e. The van der Waals surface area contributed by atoms with Crippen molar-refractivity contribution in [3.63, 3.8) is 0 Å². The summed E-state index contributed by atoms with van der Waals surface area (Å²) < 4.78 is 0. The predicted molar refractivity (Wildman–Crippen MR) is 60.7 cm³/mol. The number of halogens is 1. The fraction of sp³-hybridized carbons (Fsp3) is 0.500. The van der Waals surface area contributed by atoms with E-state index in [1.165, 1.54) is 0 Å². The summed E-state index contributed by atoms with van der Waals surface area (Å²) in [7, 11) is 0. The van der Waals surface area contributed by atoms with Gasteiger partial charge < -0.3 is 5.11 Å². The molecule has 0 amide bonds. The summed E-state index contributed by atoms with van der Waals surface area (Å²) in [5.74, 6) is 0.692. The average molecular weight is 213 g/mol. The lowest BCUT2D eigenvalue weighted by Gasteiger charge is -2.21. The zero-order valence-corrected chi connectivity index (χ0v) is 9.46. The zero-order valence-electron chi connectivity index (χ0n) is 8.70. The van der Waals surface area contributed by atoms with E-state index < -0.39 is 0 Å². The summed E-state index contributed by atoms with van der Waals surface area (Å²) in [5.41, 5.74) is 1.13. The molecule has 1 nitrogen and oxygen atoms in total. The van der Waals surface area contributed by atoms with E-state index in [1.807, 2.05) is 24.3 Å². The van der Waals surface area contributed by atoms with Gasteiger partial charge in [-0.1, -0.05) is 44.0 Å². The molecular formula is C12H17ClO. The third-order valence-corrected chi connectivity index (χ3v) is 3.04. The summed E-state index contributed by atoms with van der Waals surface area (Å²) in [6, 6.07) is 7.76. The lowest BCUT2D eigenvalue weighted by Crippen LogP contribution is -2.13. The molecule has 0 aliphatic heterocycles. The van der Waals surface area contributed by atoms with Gasteiger partial charge in [-0.05, 0) is 23.6 Å². The predicted octanol–water partition coefficient (Wildman–Crippen LogP) is 3.46. The van der Waals surface area contributed by atoms with Crippen LogP contribution in [0.5, 0.6) is 0 Å². The van der Waals surface area contributed by atoms with Crippen LogP contribution in [-0.4, -0.2) is 11.7 Å². The monoisotopic (exact) mass is 212 g/mol. The molecule has 0 radical (unpaired) electrons. The molecule has 0 fully saturated rings. The van der Waals surface area contributed by atoms with Crippen molar-refractivity contribution >= 4 is 11.6 Å². The first-order valence-electron chi connectivity index (χ1n) is 5.05. The van der Waals surface area contributed by atoms with Gasteiger partial charge in [-0.15, -0.1) is 0 Å². The van der Waals surface area contributed by atoms with Crippen LogP contribution in [0.3, 0.4) is 0 Å².